The largest absolute Gasteiger partial charge is 0.457 e. The van der Waals surface area contributed by atoms with E-state index in [1.807, 2.05) is 47.0 Å². The van der Waals surface area contributed by atoms with Gasteiger partial charge in [-0.15, -0.1) is 0 Å². The predicted octanol–water partition coefficient (Wildman–Crippen LogP) is 7.54. The summed E-state index contributed by atoms with van der Waals surface area (Å²) in [6.07, 6.45) is 3.50. The first-order valence-corrected chi connectivity index (χ1v) is 14.3. The smallest absolute Gasteiger partial charge is 0.271 e. The lowest BCUT2D eigenvalue weighted by Crippen LogP contribution is -2.38. The van der Waals surface area contributed by atoms with Crippen molar-refractivity contribution in [1.82, 2.24) is 4.57 Å². The number of rotatable bonds is 3. The molecule has 3 aromatic carbocycles. The number of benzene rings is 3. The number of hydrogen-bond donors (Lipinski definition) is 0. The summed E-state index contributed by atoms with van der Waals surface area (Å²) in [5.41, 5.74) is 6.10. The molecule has 7 rings (SSSR count). The highest BCUT2D eigenvalue weighted by molar-refractivity contribution is 7.07. The zero-order valence-electron chi connectivity index (χ0n) is 20.3. The van der Waals surface area contributed by atoms with Gasteiger partial charge in [-0.1, -0.05) is 82.5 Å². The van der Waals surface area contributed by atoms with Gasteiger partial charge >= 0.3 is 0 Å². The van der Waals surface area contributed by atoms with Crippen molar-refractivity contribution in [2.45, 2.75) is 18.9 Å². The van der Waals surface area contributed by atoms with Crippen molar-refractivity contribution in [2.24, 2.45) is 4.99 Å². The summed E-state index contributed by atoms with van der Waals surface area (Å²) in [6.45, 7) is 0. The van der Waals surface area contributed by atoms with Crippen LogP contribution in [0.5, 0.6) is 0 Å². The quantitative estimate of drug-likeness (QED) is 0.218. The lowest BCUT2D eigenvalue weighted by atomic mass is 9.83. The number of halogens is 3. The van der Waals surface area contributed by atoms with Crippen molar-refractivity contribution in [3.05, 3.63) is 142 Å². The maximum atomic E-state index is 13.9. The molecule has 1 atom stereocenters. The standard InChI is InChI=1S/C31H19Cl3N2O2S/c32-19-8-5-18(6-9-19)29-23-12-7-17-3-1-2-4-22(17)28(23)35-31-36(29)30(37)27(39-31)16-21-11-14-26(38-21)24-15-20(33)10-13-25(24)34/h1-6,8-11,13-16,29H,7,12H2/b27-16+/t29-/m0/s1. The van der Waals surface area contributed by atoms with Crippen LogP contribution in [0, 0.1) is 0 Å². The van der Waals surface area contributed by atoms with Crippen molar-refractivity contribution in [2.75, 3.05) is 0 Å². The molecule has 2 aliphatic rings. The van der Waals surface area contributed by atoms with Gasteiger partial charge in [-0.3, -0.25) is 9.36 Å². The van der Waals surface area contributed by atoms with Gasteiger partial charge in [-0.25, -0.2) is 4.99 Å². The predicted molar refractivity (Wildman–Crippen MR) is 158 cm³/mol. The Morgan fingerprint density at radius 3 is 2.54 bits per heavy atom. The average molecular weight is 590 g/mol. The van der Waals surface area contributed by atoms with Crippen LogP contribution in [0.4, 0.5) is 0 Å². The summed E-state index contributed by atoms with van der Waals surface area (Å²) in [5.74, 6) is 1.12. The summed E-state index contributed by atoms with van der Waals surface area (Å²) in [5, 5.41) is 1.75. The van der Waals surface area contributed by atoms with Crippen LogP contribution in [0.15, 0.2) is 98.6 Å². The molecule has 3 heterocycles. The Kier molecular flexibility index (Phi) is 6.13. The summed E-state index contributed by atoms with van der Waals surface area (Å²) in [6, 6.07) is 24.7. The summed E-state index contributed by atoms with van der Waals surface area (Å²) in [4.78, 5) is 19.6. The topological polar surface area (TPSA) is 47.5 Å². The van der Waals surface area contributed by atoms with Crippen LogP contribution >= 0.6 is 46.1 Å². The first-order chi connectivity index (χ1) is 19.0. The zero-order valence-corrected chi connectivity index (χ0v) is 23.4. The molecule has 2 aromatic heterocycles. The van der Waals surface area contributed by atoms with E-state index in [4.69, 9.17) is 44.2 Å². The normalized spacial score (nSPS) is 16.5. The van der Waals surface area contributed by atoms with Crippen LogP contribution in [-0.2, 0) is 6.42 Å². The van der Waals surface area contributed by atoms with E-state index in [9.17, 15) is 4.79 Å². The van der Waals surface area contributed by atoms with E-state index in [0.29, 0.717) is 41.5 Å². The van der Waals surface area contributed by atoms with Gasteiger partial charge in [0.1, 0.15) is 11.5 Å². The Labute approximate surface area is 242 Å². The number of thiazole rings is 1. The Hall–Kier alpha value is -3.35. The second kappa shape index (κ2) is 9.68. The van der Waals surface area contributed by atoms with E-state index >= 15 is 0 Å². The molecule has 1 aliphatic carbocycles. The lowest BCUT2D eigenvalue weighted by Gasteiger charge is -2.30. The van der Waals surface area contributed by atoms with Crippen LogP contribution in [-0.4, -0.2) is 4.57 Å². The molecule has 0 amide bonds. The molecule has 1 aliphatic heterocycles. The van der Waals surface area contributed by atoms with E-state index < -0.39 is 0 Å². The van der Waals surface area contributed by atoms with E-state index in [1.54, 1.807) is 24.3 Å². The number of fused-ring (bicyclic) bond motifs is 3. The SMILES string of the molecule is O=c1/c(=C\c2ccc(-c3cc(Cl)ccc3Cl)o2)sc2n1[C@@H](c1ccc(Cl)cc1)C1=C(N=2)c2ccccc2CC1. The van der Waals surface area contributed by atoms with E-state index in [1.165, 1.54) is 16.9 Å². The molecule has 0 saturated heterocycles. The fraction of sp³-hybridized carbons (Fsp3) is 0.0968. The molecule has 0 bridgehead atoms. The molecule has 192 valence electrons. The summed E-state index contributed by atoms with van der Waals surface area (Å²) >= 11 is 20.1. The van der Waals surface area contributed by atoms with Crippen LogP contribution in [0.2, 0.25) is 15.1 Å². The zero-order chi connectivity index (χ0) is 26.7. The van der Waals surface area contributed by atoms with Gasteiger partial charge in [-0.2, -0.15) is 0 Å². The molecular weight excluding hydrogens is 571 g/mol. The monoisotopic (exact) mass is 588 g/mol. The number of furan rings is 1. The van der Waals surface area contributed by atoms with E-state index in [0.717, 1.165) is 35.2 Å². The molecule has 39 heavy (non-hydrogen) atoms. The minimum Gasteiger partial charge on any atom is -0.457 e. The van der Waals surface area contributed by atoms with Crippen molar-refractivity contribution in [1.29, 1.82) is 0 Å². The van der Waals surface area contributed by atoms with Gasteiger partial charge in [0.2, 0.25) is 0 Å². The highest BCUT2D eigenvalue weighted by Crippen LogP contribution is 2.41. The minimum atomic E-state index is -0.263. The Morgan fingerprint density at radius 2 is 1.69 bits per heavy atom. The summed E-state index contributed by atoms with van der Waals surface area (Å²) in [7, 11) is 0. The summed E-state index contributed by atoms with van der Waals surface area (Å²) < 4.78 is 8.42. The van der Waals surface area contributed by atoms with Crippen molar-refractivity contribution >= 4 is 57.9 Å². The Balaban J connectivity index is 1.40. The fourth-order valence-corrected chi connectivity index (χ4v) is 6.85. The second-order valence-corrected chi connectivity index (χ2v) is 11.8. The number of aromatic nitrogens is 1. The molecule has 0 unspecified atom stereocenters. The third kappa shape index (κ3) is 4.30. The number of nitrogens with zero attached hydrogens (tertiary/aromatic N) is 2. The van der Waals surface area contributed by atoms with Crippen molar-refractivity contribution < 1.29 is 4.42 Å². The molecule has 8 heteroatoms. The molecular formula is C31H19Cl3N2O2S. The van der Waals surface area contributed by atoms with Gasteiger partial charge < -0.3 is 4.42 Å². The van der Waals surface area contributed by atoms with Gasteiger partial charge in [-0.05, 0) is 72.0 Å². The number of aryl methyl sites for hydroxylation is 1. The molecule has 0 fully saturated rings. The molecule has 4 nitrogen and oxygen atoms in total. The van der Waals surface area contributed by atoms with E-state index in [2.05, 4.69) is 18.2 Å². The second-order valence-electron chi connectivity index (χ2n) is 9.49. The third-order valence-corrected chi connectivity index (χ3v) is 8.95. The molecule has 5 aromatic rings. The maximum Gasteiger partial charge on any atom is 0.271 e. The Morgan fingerprint density at radius 1 is 0.897 bits per heavy atom. The molecule has 0 spiro atoms. The highest BCUT2D eigenvalue weighted by Gasteiger charge is 2.32. The lowest BCUT2D eigenvalue weighted by molar-refractivity contribution is 0.570. The van der Waals surface area contributed by atoms with Gasteiger partial charge in [0.25, 0.3) is 5.56 Å². The van der Waals surface area contributed by atoms with Crippen LogP contribution in [0.3, 0.4) is 0 Å². The van der Waals surface area contributed by atoms with Crippen LogP contribution in [0.25, 0.3) is 23.1 Å². The first kappa shape index (κ1) is 24.7. The highest BCUT2D eigenvalue weighted by atomic mass is 35.5. The third-order valence-electron chi connectivity index (χ3n) is 7.15. The maximum absolute atomic E-state index is 13.9. The molecule has 0 N–H and O–H groups in total. The molecule has 0 radical (unpaired) electrons. The van der Waals surface area contributed by atoms with Crippen LogP contribution in [0.1, 0.15) is 34.9 Å². The fourth-order valence-electron chi connectivity index (χ4n) is 5.36. The minimum absolute atomic E-state index is 0.108. The van der Waals surface area contributed by atoms with Crippen LogP contribution < -0.4 is 14.9 Å². The van der Waals surface area contributed by atoms with Gasteiger partial charge in [0, 0.05) is 27.2 Å². The first-order valence-electron chi connectivity index (χ1n) is 12.4. The van der Waals surface area contributed by atoms with E-state index in [-0.39, 0.29) is 11.6 Å². The van der Waals surface area contributed by atoms with Crippen molar-refractivity contribution in [3.8, 4) is 11.3 Å². The van der Waals surface area contributed by atoms with Gasteiger partial charge in [0.15, 0.2) is 4.80 Å². The van der Waals surface area contributed by atoms with Crippen molar-refractivity contribution in [3.63, 3.8) is 0 Å². The molecule has 0 saturated carbocycles. The average Bonchev–Trinajstić information content (AvgIpc) is 3.53. The number of hydrogen-bond acceptors (Lipinski definition) is 4. The Bertz CT molecular complexity index is 1980. The number of allylic oxidation sites excluding steroid dienone is 1. The van der Waals surface area contributed by atoms with Gasteiger partial charge in [0.05, 0.1) is 21.3 Å².